The normalized spacial score (nSPS) is 11.0. The molecule has 0 radical (unpaired) electrons. The zero-order chi connectivity index (χ0) is 17.9. The summed E-state index contributed by atoms with van der Waals surface area (Å²) in [5.41, 5.74) is 2.48. The van der Waals surface area contributed by atoms with E-state index in [1.807, 2.05) is 48.5 Å². The first kappa shape index (κ1) is 16.1. The molecule has 2 aromatic carbocycles. The lowest BCUT2D eigenvalue weighted by molar-refractivity contribution is 0.0796. The van der Waals surface area contributed by atoms with E-state index in [9.17, 15) is 4.79 Å². The summed E-state index contributed by atoms with van der Waals surface area (Å²) in [6, 6.07) is 19.2. The van der Waals surface area contributed by atoms with Crippen LogP contribution >= 0.6 is 0 Å². The van der Waals surface area contributed by atoms with Crippen LogP contribution in [0.1, 0.15) is 16.2 Å². The summed E-state index contributed by atoms with van der Waals surface area (Å²) in [4.78, 5) is 21.7. The van der Waals surface area contributed by atoms with Crippen LogP contribution in [0.15, 0.2) is 65.2 Å². The largest absolute Gasteiger partial charge is 0.351 e. The van der Waals surface area contributed by atoms with E-state index in [1.165, 1.54) is 0 Å². The highest BCUT2D eigenvalue weighted by atomic mass is 16.5. The number of nitrogens with one attached hydrogen (secondary N) is 1. The van der Waals surface area contributed by atoms with E-state index in [-0.39, 0.29) is 5.91 Å². The van der Waals surface area contributed by atoms with Gasteiger partial charge in [0.1, 0.15) is 5.69 Å². The summed E-state index contributed by atoms with van der Waals surface area (Å²) in [6.45, 7) is 0.513. The predicted octanol–water partition coefficient (Wildman–Crippen LogP) is 3.53. The van der Waals surface area contributed by atoms with Crippen LogP contribution in [-0.2, 0) is 6.42 Å². The maximum absolute atomic E-state index is 12.3. The molecule has 130 valence electrons. The molecule has 0 aliphatic heterocycles. The van der Waals surface area contributed by atoms with Crippen LogP contribution in [0.5, 0.6) is 0 Å². The second-order valence-corrected chi connectivity index (χ2v) is 6.13. The molecule has 1 N–H and O–H groups in total. The van der Waals surface area contributed by atoms with Gasteiger partial charge in [0.2, 0.25) is 0 Å². The van der Waals surface area contributed by atoms with Crippen molar-refractivity contribution in [3.8, 4) is 11.6 Å². The number of H-pyrrole nitrogens is 1. The summed E-state index contributed by atoms with van der Waals surface area (Å²) in [7, 11) is 1.77. The van der Waals surface area contributed by atoms with Crippen molar-refractivity contribution < 1.29 is 9.32 Å². The van der Waals surface area contributed by atoms with Crippen molar-refractivity contribution in [2.45, 2.75) is 6.42 Å². The number of carbonyl (C=O) groups is 1. The third-order valence-electron chi connectivity index (χ3n) is 4.27. The lowest BCUT2D eigenvalue weighted by Crippen LogP contribution is -2.29. The van der Waals surface area contributed by atoms with Gasteiger partial charge in [0.05, 0.1) is 0 Å². The molecule has 4 rings (SSSR count). The average molecular weight is 346 g/mol. The van der Waals surface area contributed by atoms with Crippen LogP contribution in [0.4, 0.5) is 0 Å². The van der Waals surface area contributed by atoms with Crippen molar-refractivity contribution in [3.63, 3.8) is 0 Å². The highest BCUT2D eigenvalue weighted by Gasteiger charge is 2.14. The van der Waals surface area contributed by atoms with Crippen LogP contribution in [0.25, 0.3) is 22.5 Å². The quantitative estimate of drug-likeness (QED) is 0.600. The number of likely N-dealkylation sites (N-methyl/N-ethyl adjacent to an activating group) is 1. The molecule has 2 aromatic heterocycles. The van der Waals surface area contributed by atoms with Gasteiger partial charge in [-0.1, -0.05) is 41.6 Å². The maximum Gasteiger partial charge on any atom is 0.274 e. The number of benzene rings is 2. The zero-order valence-corrected chi connectivity index (χ0v) is 14.3. The number of para-hydroxylation sites is 1. The number of aromatic nitrogens is 3. The van der Waals surface area contributed by atoms with Crippen LogP contribution in [0.3, 0.4) is 0 Å². The SMILES string of the molecule is CN(CCc1noc(-c2cc3ccccc3[nH]2)n1)C(=O)c1ccccc1. The van der Waals surface area contributed by atoms with Crippen LogP contribution in [0, 0.1) is 0 Å². The Hall–Kier alpha value is -3.41. The van der Waals surface area contributed by atoms with E-state index in [0.717, 1.165) is 16.6 Å². The van der Waals surface area contributed by atoms with Gasteiger partial charge in [-0.2, -0.15) is 4.98 Å². The Labute approximate surface area is 150 Å². The molecule has 0 aliphatic carbocycles. The number of fused-ring (bicyclic) bond motifs is 1. The minimum atomic E-state index is -0.0232. The van der Waals surface area contributed by atoms with E-state index in [0.29, 0.717) is 30.2 Å². The molecule has 2 heterocycles. The maximum atomic E-state index is 12.3. The standard InChI is InChI=1S/C20H18N4O2/c1-24(20(25)14-7-3-2-4-8-14)12-11-18-22-19(26-23-18)17-13-15-9-5-6-10-16(15)21-17/h2-10,13,21H,11-12H2,1H3. The minimum Gasteiger partial charge on any atom is -0.351 e. The Balaban J connectivity index is 1.43. The van der Waals surface area contributed by atoms with Crippen molar-refractivity contribution in [1.29, 1.82) is 0 Å². The molecule has 6 heteroatoms. The number of hydrogen-bond acceptors (Lipinski definition) is 4. The molecule has 0 fully saturated rings. The lowest BCUT2D eigenvalue weighted by atomic mass is 10.2. The Kier molecular flexibility index (Phi) is 4.23. The summed E-state index contributed by atoms with van der Waals surface area (Å²) < 4.78 is 5.36. The van der Waals surface area contributed by atoms with Crippen LogP contribution in [0.2, 0.25) is 0 Å². The summed E-state index contributed by atoms with van der Waals surface area (Å²) in [5, 5.41) is 5.12. The fourth-order valence-electron chi connectivity index (χ4n) is 2.82. The molecule has 0 spiro atoms. The third kappa shape index (κ3) is 3.21. The lowest BCUT2D eigenvalue weighted by Gasteiger charge is -2.15. The van der Waals surface area contributed by atoms with Crippen molar-refractivity contribution in [2.24, 2.45) is 0 Å². The molecule has 0 saturated carbocycles. The van der Waals surface area contributed by atoms with E-state index in [1.54, 1.807) is 24.1 Å². The van der Waals surface area contributed by atoms with Gasteiger partial charge in [0, 0.05) is 36.5 Å². The molecule has 4 aromatic rings. The Bertz CT molecular complexity index is 1000. The van der Waals surface area contributed by atoms with E-state index in [2.05, 4.69) is 15.1 Å². The van der Waals surface area contributed by atoms with Crippen molar-refractivity contribution in [3.05, 3.63) is 72.1 Å². The van der Waals surface area contributed by atoms with Crippen molar-refractivity contribution in [1.82, 2.24) is 20.0 Å². The molecule has 0 aliphatic rings. The first-order valence-corrected chi connectivity index (χ1v) is 8.42. The number of nitrogens with zero attached hydrogens (tertiary/aromatic N) is 3. The summed E-state index contributed by atoms with van der Waals surface area (Å²) in [5.74, 6) is 1.00. The van der Waals surface area contributed by atoms with Gasteiger partial charge in [0.15, 0.2) is 5.82 Å². The number of hydrogen-bond donors (Lipinski definition) is 1. The number of carbonyl (C=O) groups excluding carboxylic acids is 1. The molecule has 6 nitrogen and oxygen atoms in total. The first-order valence-electron chi connectivity index (χ1n) is 8.42. The molecule has 0 atom stereocenters. The second kappa shape index (κ2) is 6.84. The van der Waals surface area contributed by atoms with Crippen LogP contribution < -0.4 is 0 Å². The van der Waals surface area contributed by atoms with E-state index < -0.39 is 0 Å². The van der Waals surface area contributed by atoms with Gasteiger partial charge in [-0.05, 0) is 24.3 Å². The van der Waals surface area contributed by atoms with Gasteiger partial charge < -0.3 is 14.4 Å². The highest BCUT2D eigenvalue weighted by Crippen LogP contribution is 2.22. The van der Waals surface area contributed by atoms with Gasteiger partial charge in [0.25, 0.3) is 11.8 Å². The predicted molar refractivity (Wildman–Crippen MR) is 98.7 cm³/mol. The molecule has 1 amide bonds. The van der Waals surface area contributed by atoms with Crippen LogP contribution in [-0.4, -0.2) is 39.5 Å². The average Bonchev–Trinajstić information content (AvgIpc) is 3.32. The van der Waals surface area contributed by atoms with Gasteiger partial charge in [-0.25, -0.2) is 0 Å². The Morgan fingerprint density at radius 2 is 1.88 bits per heavy atom. The fraction of sp³-hybridized carbons (Fsp3) is 0.150. The van der Waals surface area contributed by atoms with Gasteiger partial charge in [-0.15, -0.1) is 0 Å². The van der Waals surface area contributed by atoms with Crippen molar-refractivity contribution >= 4 is 16.8 Å². The number of aromatic amines is 1. The van der Waals surface area contributed by atoms with E-state index >= 15 is 0 Å². The molecular weight excluding hydrogens is 328 g/mol. The molecule has 26 heavy (non-hydrogen) atoms. The number of rotatable bonds is 5. The Morgan fingerprint density at radius 3 is 2.69 bits per heavy atom. The Morgan fingerprint density at radius 1 is 1.12 bits per heavy atom. The topological polar surface area (TPSA) is 75.0 Å². The smallest absolute Gasteiger partial charge is 0.274 e. The first-order chi connectivity index (χ1) is 12.7. The second-order valence-electron chi connectivity index (χ2n) is 6.13. The molecule has 0 saturated heterocycles. The summed E-state index contributed by atoms with van der Waals surface area (Å²) in [6.07, 6.45) is 0.527. The third-order valence-corrected chi connectivity index (χ3v) is 4.27. The summed E-state index contributed by atoms with van der Waals surface area (Å²) >= 11 is 0. The zero-order valence-electron chi connectivity index (χ0n) is 14.3. The van der Waals surface area contributed by atoms with E-state index in [4.69, 9.17) is 4.52 Å². The molecule has 0 unspecified atom stereocenters. The minimum absolute atomic E-state index is 0.0232. The fourth-order valence-corrected chi connectivity index (χ4v) is 2.82. The van der Waals surface area contributed by atoms with Crippen molar-refractivity contribution in [2.75, 3.05) is 13.6 Å². The van der Waals surface area contributed by atoms with Gasteiger partial charge >= 0.3 is 0 Å². The van der Waals surface area contributed by atoms with Gasteiger partial charge in [-0.3, -0.25) is 4.79 Å². The molecular formula is C20H18N4O2. The molecule has 0 bridgehead atoms. The monoisotopic (exact) mass is 346 g/mol. The number of amides is 1. The highest BCUT2D eigenvalue weighted by molar-refractivity contribution is 5.94.